The van der Waals surface area contributed by atoms with Gasteiger partial charge in [-0.05, 0) is 38.0 Å². The first kappa shape index (κ1) is 11.8. The van der Waals surface area contributed by atoms with Crippen molar-refractivity contribution in [1.29, 1.82) is 0 Å². The quantitative estimate of drug-likeness (QED) is 0.712. The van der Waals surface area contributed by atoms with Crippen LogP contribution in [-0.4, -0.2) is 4.98 Å². The van der Waals surface area contributed by atoms with Crippen LogP contribution in [0, 0.1) is 20.8 Å². The smallest absolute Gasteiger partial charge is 0.228 e. The monoisotopic (exact) mass is 252 g/mol. The van der Waals surface area contributed by atoms with Crippen molar-refractivity contribution in [2.75, 3.05) is 5.73 Å². The highest BCUT2D eigenvalue weighted by atomic mass is 16.3. The molecule has 0 aliphatic rings. The highest BCUT2D eigenvalue weighted by Gasteiger charge is 2.13. The van der Waals surface area contributed by atoms with Crippen molar-refractivity contribution in [3.63, 3.8) is 0 Å². The lowest BCUT2D eigenvalue weighted by atomic mass is 9.98. The first-order valence-corrected chi connectivity index (χ1v) is 6.27. The van der Waals surface area contributed by atoms with Crippen molar-refractivity contribution in [3.8, 4) is 11.1 Å². The Balaban J connectivity index is 2.37. The maximum absolute atomic E-state index is 6.01. The molecule has 19 heavy (non-hydrogen) atoms. The Morgan fingerprint density at radius 3 is 2.37 bits per heavy atom. The number of rotatable bonds is 1. The van der Waals surface area contributed by atoms with E-state index < -0.39 is 0 Å². The third-order valence-corrected chi connectivity index (χ3v) is 3.23. The maximum atomic E-state index is 6.01. The van der Waals surface area contributed by atoms with E-state index in [2.05, 4.69) is 43.1 Å². The summed E-state index contributed by atoms with van der Waals surface area (Å²) in [6.45, 7) is 6.16. The highest BCUT2D eigenvalue weighted by Crippen LogP contribution is 2.34. The molecule has 0 saturated carbocycles. The molecule has 2 N–H and O–H groups in total. The van der Waals surface area contributed by atoms with Crippen LogP contribution in [0.15, 0.2) is 34.9 Å². The average molecular weight is 252 g/mol. The van der Waals surface area contributed by atoms with E-state index in [1.54, 1.807) is 6.26 Å². The van der Waals surface area contributed by atoms with Crippen molar-refractivity contribution in [2.24, 2.45) is 0 Å². The summed E-state index contributed by atoms with van der Waals surface area (Å²) in [6.07, 6.45) is 1.56. The second kappa shape index (κ2) is 4.12. The Morgan fingerprint density at radius 2 is 1.68 bits per heavy atom. The Labute approximate surface area is 112 Å². The molecular formula is C16H16N2O. The highest BCUT2D eigenvalue weighted by molar-refractivity contribution is 6.00. The number of fused-ring (bicyclic) bond motifs is 1. The summed E-state index contributed by atoms with van der Waals surface area (Å²) in [5.41, 5.74) is 12.9. The molecule has 0 spiro atoms. The molecule has 0 aliphatic carbocycles. The molecule has 0 bridgehead atoms. The number of nitrogen functional groups attached to an aromatic ring is 1. The van der Waals surface area contributed by atoms with Crippen LogP contribution in [0.5, 0.6) is 0 Å². The maximum Gasteiger partial charge on any atom is 0.228 e. The number of benzene rings is 1. The predicted octanol–water partition coefficient (Wildman–Crippen LogP) is 4.00. The lowest BCUT2D eigenvalue weighted by molar-refractivity contribution is 0.603. The minimum absolute atomic E-state index is 0.603. The molecule has 3 heteroatoms. The number of nitrogens with zero attached hydrogens (tertiary/aromatic N) is 1. The molecule has 1 aromatic carbocycles. The molecule has 0 radical (unpaired) electrons. The van der Waals surface area contributed by atoms with Gasteiger partial charge in [0.05, 0.1) is 11.1 Å². The van der Waals surface area contributed by atoms with E-state index in [4.69, 9.17) is 10.2 Å². The van der Waals surface area contributed by atoms with E-state index in [9.17, 15) is 0 Å². The Hall–Kier alpha value is -2.29. The van der Waals surface area contributed by atoms with Crippen LogP contribution in [0.2, 0.25) is 0 Å². The summed E-state index contributed by atoms with van der Waals surface area (Å²) < 4.78 is 5.42. The van der Waals surface area contributed by atoms with Crippen molar-refractivity contribution >= 4 is 16.8 Å². The summed E-state index contributed by atoms with van der Waals surface area (Å²) in [5, 5.41) is 0.899. The van der Waals surface area contributed by atoms with E-state index in [1.807, 2.05) is 6.92 Å². The van der Waals surface area contributed by atoms with Crippen molar-refractivity contribution < 1.29 is 4.42 Å². The van der Waals surface area contributed by atoms with Crippen LogP contribution in [0.25, 0.3) is 22.2 Å². The minimum atomic E-state index is 0.603. The molecule has 3 nitrogen and oxygen atoms in total. The van der Waals surface area contributed by atoms with Gasteiger partial charge in [-0.25, -0.2) is 4.98 Å². The fourth-order valence-corrected chi connectivity index (χ4v) is 2.54. The van der Waals surface area contributed by atoms with Gasteiger partial charge in [0.15, 0.2) is 0 Å². The standard InChI is InChI=1S/C16H16N2O/c1-9-4-10(2)6-12(5-9)13-7-11(3)18-16-15(13)14(17)8-19-16/h4-8H,17H2,1-3H3. The third-order valence-electron chi connectivity index (χ3n) is 3.23. The molecule has 0 saturated heterocycles. The van der Waals surface area contributed by atoms with Gasteiger partial charge in [0.1, 0.15) is 6.26 Å². The van der Waals surface area contributed by atoms with Gasteiger partial charge in [-0.15, -0.1) is 0 Å². The SMILES string of the molecule is Cc1cc(C)cc(-c2cc(C)nc3occ(N)c23)c1. The fraction of sp³-hybridized carbons (Fsp3) is 0.188. The van der Waals surface area contributed by atoms with Crippen LogP contribution in [0.1, 0.15) is 16.8 Å². The zero-order valence-corrected chi connectivity index (χ0v) is 11.3. The van der Waals surface area contributed by atoms with E-state index >= 15 is 0 Å². The number of hydrogen-bond donors (Lipinski definition) is 1. The van der Waals surface area contributed by atoms with Crippen LogP contribution >= 0.6 is 0 Å². The summed E-state index contributed by atoms with van der Waals surface area (Å²) in [7, 11) is 0. The molecule has 96 valence electrons. The molecule has 0 amide bonds. The van der Waals surface area contributed by atoms with Crippen molar-refractivity contribution in [2.45, 2.75) is 20.8 Å². The Kier molecular flexibility index (Phi) is 2.56. The van der Waals surface area contributed by atoms with E-state index in [0.717, 1.165) is 22.2 Å². The molecule has 0 unspecified atom stereocenters. The number of hydrogen-bond acceptors (Lipinski definition) is 3. The van der Waals surface area contributed by atoms with E-state index in [0.29, 0.717) is 11.4 Å². The van der Waals surface area contributed by atoms with Crippen LogP contribution < -0.4 is 5.73 Å². The molecule has 0 atom stereocenters. The zero-order valence-electron chi connectivity index (χ0n) is 11.3. The lowest BCUT2D eigenvalue weighted by Crippen LogP contribution is -1.90. The number of furan rings is 1. The summed E-state index contributed by atoms with van der Waals surface area (Å²) in [6, 6.07) is 8.54. The zero-order chi connectivity index (χ0) is 13.6. The minimum Gasteiger partial charge on any atom is -0.444 e. The van der Waals surface area contributed by atoms with Gasteiger partial charge in [0.2, 0.25) is 5.71 Å². The molecule has 2 heterocycles. The molecule has 2 aromatic heterocycles. The number of aryl methyl sites for hydroxylation is 3. The molecule has 0 aliphatic heterocycles. The second-order valence-electron chi connectivity index (χ2n) is 5.06. The van der Waals surface area contributed by atoms with Gasteiger partial charge in [-0.1, -0.05) is 29.3 Å². The van der Waals surface area contributed by atoms with Crippen molar-refractivity contribution in [3.05, 3.63) is 47.3 Å². The van der Waals surface area contributed by atoms with E-state index in [1.165, 1.54) is 11.1 Å². The number of pyridine rings is 1. The second-order valence-corrected chi connectivity index (χ2v) is 5.06. The fourth-order valence-electron chi connectivity index (χ4n) is 2.54. The van der Waals surface area contributed by atoms with Gasteiger partial charge < -0.3 is 10.2 Å². The first-order valence-electron chi connectivity index (χ1n) is 6.27. The van der Waals surface area contributed by atoms with Crippen molar-refractivity contribution in [1.82, 2.24) is 4.98 Å². The van der Waals surface area contributed by atoms with Gasteiger partial charge in [-0.2, -0.15) is 0 Å². The van der Waals surface area contributed by atoms with Gasteiger partial charge >= 0.3 is 0 Å². The van der Waals surface area contributed by atoms with E-state index in [-0.39, 0.29) is 0 Å². The Bertz CT molecular complexity index is 752. The molecular weight excluding hydrogens is 236 g/mol. The largest absolute Gasteiger partial charge is 0.444 e. The lowest BCUT2D eigenvalue weighted by Gasteiger charge is -2.08. The number of aromatic nitrogens is 1. The number of anilines is 1. The average Bonchev–Trinajstić information content (AvgIpc) is 2.68. The molecule has 3 aromatic rings. The number of nitrogens with two attached hydrogens (primary N) is 1. The molecule has 0 fully saturated rings. The van der Waals surface area contributed by atoms with Gasteiger partial charge in [-0.3, -0.25) is 0 Å². The first-order chi connectivity index (χ1) is 9.04. The summed E-state index contributed by atoms with van der Waals surface area (Å²) in [4.78, 5) is 4.38. The van der Waals surface area contributed by atoms with Crippen LogP contribution in [-0.2, 0) is 0 Å². The van der Waals surface area contributed by atoms with Gasteiger partial charge in [0.25, 0.3) is 0 Å². The third kappa shape index (κ3) is 1.97. The van der Waals surface area contributed by atoms with Gasteiger partial charge in [0, 0.05) is 5.69 Å². The normalized spacial score (nSPS) is 11.1. The molecule has 3 rings (SSSR count). The Morgan fingerprint density at radius 1 is 1.00 bits per heavy atom. The topological polar surface area (TPSA) is 52.0 Å². The summed E-state index contributed by atoms with van der Waals surface area (Å²) in [5.74, 6) is 0. The predicted molar refractivity (Wildman–Crippen MR) is 78.1 cm³/mol. The van der Waals surface area contributed by atoms with Crippen LogP contribution in [0.3, 0.4) is 0 Å². The summed E-state index contributed by atoms with van der Waals surface area (Å²) >= 11 is 0. The van der Waals surface area contributed by atoms with Crippen LogP contribution in [0.4, 0.5) is 5.69 Å².